The highest BCUT2D eigenvalue weighted by Crippen LogP contribution is 2.42. The summed E-state index contributed by atoms with van der Waals surface area (Å²) in [4.78, 5) is 14.5. The van der Waals surface area contributed by atoms with E-state index in [9.17, 15) is 9.90 Å². The number of para-hydroxylation sites is 1. The molecule has 1 aliphatic heterocycles. The van der Waals surface area contributed by atoms with Gasteiger partial charge in [-0.25, -0.2) is 0 Å². The van der Waals surface area contributed by atoms with Crippen LogP contribution in [0.3, 0.4) is 0 Å². The van der Waals surface area contributed by atoms with Crippen LogP contribution in [0, 0.1) is 11.8 Å². The lowest BCUT2D eigenvalue weighted by Gasteiger charge is -2.35. The molecule has 5 nitrogen and oxygen atoms in total. The summed E-state index contributed by atoms with van der Waals surface area (Å²) in [5.41, 5.74) is 1.29. The largest absolute Gasteiger partial charge is 0.487 e. The molecule has 2 aliphatic carbocycles. The Labute approximate surface area is 171 Å². The lowest BCUT2D eigenvalue weighted by Crippen LogP contribution is -2.42. The number of nitrogens with zero attached hydrogens (tertiary/aromatic N) is 1. The minimum atomic E-state index is -0.494. The van der Waals surface area contributed by atoms with Crippen molar-refractivity contribution in [2.45, 2.75) is 56.7 Å². The van der Waals surface area contributed by atoms with E-state index in [1.807, 2.05) is 17.0 Å². The molecule has 0 bridgehead atoms. The second-order valence-electron chi connectivity index (χ2n) is 8.92. The van der Waals surface area contributed by atoms with Crippen molar-refractivity contribution in [3.8, 4) is 5.75 Å². The SMILES string of the molecule is O=C(c1ccco1)N1C[C@H]2C[C@@H](Oc3ccccc3C3CCCC3)[C@H](O)C[C@H]2C1. The van der Waals surface area contributed by atoms with Crippen LogP contribution in [0.1, 0.15) is 60.6 Å². The molecule has 5 heteroatoms. The Bertz CT molecular complexity index is 842. The van der Waals surface area contributed by atoms with Crippen molar-refractivity contribution in [3.05, 3.63) is 54.0 Å². The summed E-state index contributed by atoms with van der Waals surface area (Å²) >= 11 is 0. The van der Waals surface area contributed by atoms with E-state index in [1.165, 1.54) is 37.5 Å². The van der Waals surface area contributed by atoms with Gasteiger partial charge in [-0.2, -0.15) is 0 Å². The summed E-state index contributed by atoms with van der Waals surface area (Å²) in [6.07, 6.45) is 7.32. The number of benzene rings is 1. The van der Waals surface area contributed by atoms with E-state index in [-0.39, 0.29) is 12.0 Å². The molecule has 5 rings (SSSR count). The van der Waals surface area contributed by atoms with Crippen molar-refractivity contribution in [1.29, 1.82) is 0 Å². The third kappa shape index (κ3) is 3.68. The smallest absolute Gasteiger partial charge is 0.289 e. The van der Waals surface area contributed by atoms with Gasteiger partial charge >= 0.3 is 0 Å². The number of furan rings is 1. The molecular formula is C24H29NO4. The van der Waals surface area contributed by atoms with E-state index in [1.54, 1.807) is 12.1 Å². The van der Waals surface area contributed by atoms with Gasteiger partial charge < -0.3 is 19.2 Å². The molecule has 3 aliphatic rings. The number of aliphatic hydroxyl groups excluding tert-OH is 1. The Hall–Kier alpha value is -2.27. The molecule has 0 spiro atoms. The lowest BCUT2D eigenvalue weighted by molar-refractivity contribution is -0.0236. The number of carbonyl (C=O) groups excluding carboxylic acids is 1. The minimum Gasteiger partial charge on any atom is -0.487 e. The lowest BCUT2D eigenvalue weighted by atomic mass is 9.78. The molecule has 1 N–H and O–H groups in total. The van der Waals surface area contributed by atoms with Gasteiger partial charge in [0.15, 0.2) is 5.76 Å². The molecule has 0 unspecified atom stereocenters. The maximum Gasteiger partial charge on any atom is 0.289 e. The first kappa shape index (κ1) is 18.7. The first-order valence-corrected chi connectivity index (χ1v) is 11.0. The van der Waals surface area contributed by atoms with Gasteiger partial charge in [0.2, 0.25) is 0 Å². The Balaban J connectivity index is 1.27. The van der Waals surface area contributed by atoms with Gasteiger partial charge in [0.05, 0.1) is 12.4 Å². The Morgan fingerprint density at radius 3 is 2.55 bits per heavy atom. The molecule has 0 radical (unpaired) electrons. The topological polar surface area (TPSA) is 62.9 Å². The third-order valence-corrected chi connectivity index (χ3v) is 7.10. The number of rotatable bonds is 4. The summed E-state index contributed by atoms with van der Waals surface area (Å²) in [6.45, 7) is 1.40. The highest BCUT2D eigenvalue weighted by molar-refractivity contribution is 5.91. The normalized spacial score (nSPS) is 29.8. The number of hydrogen-bond acceptors (Lipinski definition) is 4. The number of aliphatic hydroxyl groups is 1. The molecule has 1 aromatic heterocycles. The summed E-state index contributed by atoms with van der Waals surface area (Å²) in [5, 5.41) is 10.8. The van der Waals surface area contributed by atoms with Crippen molar-refractivity contribution < 1.29 is 19.1 Å². The zero-order chi connectivity index (χ0) is 19.8. The van der Waals surface area contributed by atoms with Crippen LogP contribution in [0.25, 0.3) is 0 Å². The van der Waals surface area contributed by atoms with Crippen LogP contribution < -0.4 is 4.74 Å². The monoisotopic (exact) mass is 395 g/mol. The second-order valence-corrected chi connectivity index (χ2v) is 8.92. The van der Waals surface area contributed by atoms with Gasteiger partial charge in [0.1, 0.15) is 11.9 Å². The van der Waals surface area contributed by atoms with Crippen LogP contribution >= 0.6 is 0 Å². The number of hydrogen-bond donors (Lipinski definition) is 1. The molecule has 4 atom stereocenters. The average molecular weight is 395 g/mol. The first-order chi connectivity index (χ1) is 14.2. The van der Waals surface area contributed by atoms with E-state index < -0.39 is 6.10 Å². The van der Waals surface area contributed by atoms with Crippen LogP contribution in [0.5, 0.6) is 5.75 Å². The number of ether oxygens (including phenoxy) is 1. The number of amides is 1. The Morgan fingerprint density at radius 2 is 1.79 bits per heavy atom. The molecule has 1 saturated heterocycles. The average Bonchev–Trinajstić information content (AvgIpc) is 3.49. The third-order valence-electron chi connectivity index (χ3n) is 7.10. The van der Waals surface area contributed by atoms with Crippen molar-refractivity contribution in [2.24, 2.45) is 11.8 Å². The number of fused-ring (bicyclic) bond motifs is 1. The van der Waals surface area contributed by atoms with E-state index in [4.69, 9.17) is 9.15 Å². The van der Waals surface area contributed by atoms with Crippen molar-refractivity contribution in [1.82, 2.24) is 4.90 Å². The maximum atomic E-state index is 12.6. The quantitative estimate of drug-likeness (QED) is 0.842. The van der Waals surface area contributed by atoms with Crippen LogP contribution in [-0.4, -0.2) is 41.2 Å². The van der Waals surface area contributed by atoms with Gasteiger partial charge in [-0.1, -0.05) is 31.0 Å². The Morgan fingerprint density at radius 1 is 1.03 bits per heavy atom. The van der Waals surface area contributed by atoms with Crippen molar-refractivity contribution in [2.75, 3.05) is 13.1 Å². The second kappa shape index (κ2) is 7.86. The fourth-order valence-electron chi connectivity index (χ4n) is 5.56. The molecule has 154 valence electrons. The van der Waals surface area contributed by atoms with Gasteiger partial charge in [-0.05, 0) is 67.2 Å². The molecule has 2 saturated carbocycles. The number of likely N-dealkylation sites (tertiary alicyclic amines) is 1. The zero-order valence-electron chi connectivity index (χ0n) is 16.7. The summed E-state index contributed by atoms with van der Waals surface area (Å²) < 4.78 is 11.7. The van der Waals surface area contributed by atoms with Crippen LogP contribution in [0.15, 0.2) is 47.1 Å². The van der Waals surface area contributed by atoms with Gasteiger partial charge in [-0.3, -0.25) is 4.79 Å². The minimum absolute atomic E-state index is 0.0528. The van der Waals surface area contributed by atoms with Crippen LogP contribution in [0.4, 0.5) is 0 Å². The molecule has 29 heavy (non-hydrogen) atoms. The van der Waals surface area contributed by atoms with Gasteiger partial charge in [0.25, 0.3) is 5.91 Å². The highest BCUT2D eigenvalue weighted by atomic mass is 16.5. The summed E-state index contributed by atoms with van der Waals surface area (Å²) in [7, 11) is 0. The standard InChI is InChI=1S/C24H29NO4/c26-20-12-17-14-25(24(27)22-10-5-11-28-22)15-18(17)13-23(20)29-21-9-4-3-8-19(21)16-6-1-2-7-16/h3-5,8-11,16-18,20,23,26H,1-2,6-7,12-15H2/t17-,18+,20+,23+/m0/s1. The molecule has 2 aromatic rings. The van der Waals surface area contributed by atoms with Gasteiger partial charge in [0, 0.05) is 13.1 Å². The molecule has 1 aromatic carbocycles. The zero-order valence-corrected chi connectivity index (χ0v) is 16.7. The fraction of sp³-hybridized carbons (Fsp3) is 0.542. The van der Waals surface area contributed by atoms with Crippen LogP contribution in [-0.2, 0) is 0 Å². The molecule has 1 amide bonds. The summed E-state index contributed by atoms with van der Waals surface area (Å²) in [6, 6.07) is 11.8. The maximum absolute atomic E-state index is 12.6. The van der Waals surface area contributed by atoms with E-state index >= 15 is 0 Å². The van der Waals surface area contributed by atoms with E-state index in [0.717, 1.165) is 12.2 Å². The molecule has 3 fully saturated rings. The predicted octanol–water partition coefficient (Wildman–Crippen LogP) is 4.23. The van der Waals surface area contributed by atoms with Crippen LogP contribution in [0.2, 0.25) is 0 Å². The first-order valence-electron chi connectivity index (χ1n) is 11.0. The van der Waals surface area contributed by atoms with Gasteiger partial charge in [-0.15, -0.1) is 0 Å². The van der Waals surface area contributed by atoms with E-state index in [0.29, 0.717) is 43.0 Å². The highest BCUT2D eigenvalue weighted by Gasteiger charge is 2.44. The summed E-state index contributed by atoms with van der Waals surface area (Å²) in [5.74, 6) is 2.54. The van der Waals surface area contributed by atoms with Crippen molar-refractivity contribution in [3.63, 3.8) is 0 Å². The van der Waals surface area contributed by atoms with E-state index in [2.05, 4.69) is 12.1 Å². The predicted molar refractivity (Wildman–Crippen MR) is 109 cm³/mol. The number of carbonyl (C=O) groups is 1. The van der Waals surface area contributed by atoms with Crippen molar-refractivity contribution >= 4 is 5.91 Å². The Kier molecular flexibility index (Phi) is 5.08. The molecular weight excluding hydrogens is 366 g/mol. The molecule has 2 heterocycles. The fourth-order valence-corrected chi connectivity index (χ4v) is 5.56.